The smallest absolute Gasteiger partial charge is 0.306 e. The second-order valence-corrected chi connectivity index (χ2v) is 4.64. The quantitative estimate of drug-likeness (QED) is 0.737. The van der Waals surface area contributed by atoms with Crippen molar-refractivity contribution in [3.63, 3.8) is 0 Å². The van der Waals surface area contributed by atoms with Gasteiger partial charge in [0, 0.05) is 18.2 Å². The van der Waals surface area contributed by atoms with Crippen LogP contribution in [0.2, 0.25) is 5.02 Å². The highest BCUT2D eigenvalue weighted by Gasteiger charge is 2.17. The summed E-state index contributed by atoms with van der Waals surface area (Å²) in [5, 5.41) is 9.83. The molecular formula is C14H19ClO3. The van der Waals surface area contributed by atoms with Gasteiger partial charge >= 0.3 is 5.97 Å². The van der Waals surface area contributed by atoms with Gasteiger partial charge in [0.2, 0.25) is 0 Å². The lowest BCUT2D eigenvalue weighted by Gasteiger charge is -2.12. The molecule has 0 spiro atoms. The molecule has 1 atom stereocenters. The van der Waals surface area contributed by atoms with Crippen molar-refractivity contribution in [1.82, 2.24) is 0 Å². The standard InChI is InChI=1S/C14H19ClO3/c1-2-18-8-4-6-12(14(16)17)9-11-5-3-7-13(15)10-11/h3,5,7,10,12H,2,4,6,8-9H2,1H3,(H,16,17). The summed E-state index contributed by atoms with van der Waals surface area (Å²) in [4.78, 5) is 11.2. The first-order valence-electron chi connectivity index (χ1n) is 6.18. The molecule has 0 aromatic heterocycles. The van der Waals surface area contributed by atoms with Gasteiger partial charge in [0.15, 0.2) is 0 Å². The molecule has 0 saturated heterocycles. The van der Waals surface area contributed by atoms with Crippen molar-refractivity contribution in [3.8, 4) is 0 Å². The molecule has 1 N–H and O–H groups in total. The van der Waals surface area contributed by atoms with E-state index in [1.54, 1.807) is 6.07 Å². The van der Waals surface area contributed by atoms with Gasteiger partial charge in [-0.2, -0.15) is 0 Å². The molecule has 0 heterocycles. The summed E-state index contributed by atoms with van der Waals surface area (Å²) < 4.78 is 5.22. The van der Waals surface area contributed by atoms with Crippen LogP contribution < -0.4 is 0 Å². The van der Waals surface area contributed by atoms with E-state index in [4.69, 9.17) is 16.3 Å². The Morgan fingerprint density at radius 3 is 2.89 bits per heavy atom. The molecule has 100 valence electrons. The number of rotatable bonds is 8. The van der Waals surface area contributed by atoms with E-state index in [9.17, 15) is 9.90 Å². The third kappa shape index (κ3) is 5.52. The molecule has 0 fully saturated rings. The van der Waals surface area contributed by atoms with Crippen LogP contribution in [0.4, 0.5) is 0 Å². The van der Waals surface area contributed by atoms with Crippen molar-refractivity contribution in [2.24, 2.45) is 5.92 Å². The highest BCUT2D eigenvalue weighted by atomic mass is 35.5. The lowest BCUT2D eigenvalue weighted by molar-refractivity contribution is -0.142. The van der Waals surface area contributed by atoms with Gasteiger partial charge < -0.3 is 9.84 Å². The van der Waals surface area contributed by atoms with Crippen molar-refractivity contribution in [1.29, 1.82) is 0 Å². The maximum atomic E-state index is 11.2. The van der Waals surface area contributed by atoms with E-state index >= 15 is 0 Å². The molecule has 4 heteroatoms. The van der Waals surface area contributed by atoms with Gasteiger partial charge in [0.1, 0.15) is 0 Å². The SMILES string of the molecule is CCOCCCC(Cc1cccc(Cl)c1)C(=O)O. The minimum atomic E-state index is -0.758. The van der Waals surface area contributed by atoms with Gasteiger partial charge in [-0.25, -0.2) is 0 Å². The van der Waals surface area contributed by atoms with Gasteiger partial charge in [0.05, 0.1) is 5.92 Å². The summed E-state index contributed by atoms with van der Waals surface area (Å²) in [6.45, 7) is 3.22. The molecule has 0 bridgehead atoms. The van der Waals surface area contributed by atoms with E-state index in [1.807, 2.05) is 25.1 Å². The van der Waals surface area contributed by atoms with Crippen molar-refractivity contribution in [3.05, 3.63) is 34.9 Å². The Morgan fingerprint density at radius 1 is 1.50 bits per heavy atom. The molecule has 0 radical (unpaired) electrons. The van der Waals surface area contributed by atoms with Crippen LogP contribution in [0.1, 0.15) is 25.3 Å². The van der Waals surface area contributed by atoms with Crippen LogP contribution in [0.25, 0.3) is 0 Å². The number of ether oxygens (including phenoxy) is 1. The molecule has 0 aliphatic carbocycles. The van der Waals surface area contributed by atoms with Crippen molar-refractivity contribution < 1.29 is 14.6 Å². The molecule has 1 aromatic rings. The first-order valence-corrected chi connectivity index (χ1v) is 6.56. The number of hydrogen-bond donors (Lipinski definition) is 1. The molecular weight excluding hydrogens is 252 g/mol. The Kier molecular flexibility index (Phi) is 6.76. The van der Waals surface area contributed by atoms with Crippen LogP contribution in [0.5, 0.6) is 0 Å². The molecule has 1 aromatic carbocycles. The minimum absolute atomic E-state index is 0.371. The lowest BCUT2D eigenvalue weighted by Crippen LogP contribution is -2.17. The molecule has 0 aliphatic heterocycles. The Labute approximate surface area is 113 Å². The van der Waals surface area contributed by atoms with Crippen molar-refractivity contribution in [2.45, 2.75) is 26.2 Å². The zero-order valence-electron chi connectivity index (χ0n) is 10.6. The topological polar surface area (TPSA) is 46.5 Å². The molecule has 0 amide bonds. The molecule has 0 aliphatic rings. The van der Waals surface area contributed by atoms with E-state index in [1.165, 1.54) is 0 Å². The Hall–Kier alpha value is -1.06. The summed E-state index contributed by atoms with van der Waals surface area (Å²) in [5.74, 6) is -1.13. The normalized spacial score (nSPS) is 12.3. The number of halogens is 1. The van der Waals surface area contributed by atoms with Gasteiger partial charge in [-0.1, -0.05) is 23.7 Å². The molecule has 0 saturated carbocycles. The fourth-order valence-corrected chi connectivity index (χ4v) is 2.05. The molecule has 3 nitrogen and oxygen atoms in total. The van der Waals surface area contributed by atoms with E-state index in [2.05, 4.69) is 0 Å². The van der Waals surface area contributed by atoms with Crippen LogP contribution in [0, 0.1) is 5.92 Å². The minimum Gasteiger partial charge on any atom is -0.481 e. The average molecular weight is 271 g/mol. The van der Waals surface area contributed by atoms with E-state index in [0.717, 1.165) is 12.0 Å². The monoisotopic (exact) mass is 270 g/mol. The fourth-order valence-electron chi connectivity index (χ4n) is 1.84. The maximum absolute atomic E-state index is 11.2. The predicted octanol–water partition coefficient (Wildman–Crippen LogP) is 3.40. The number of aliphatic carboxylic acids is 1. The third-order valence-corrected chi connectivity index (χ3v) is 3.00. The van der Waals surface area contributed by atoms with Crippen LogP contribution in [-0.2, 0) is 16.0 Å². The Morgan fingerprint density at radius 2 is 2.28 bits per heavy atom. The Balaban J connectivity index is 2.50. The first kappa shape index (κ1) is 15.0. The molecule has 1 unspecified atom stereocenters. The maximum Gasteiger partial charge on any atom is 0.306 e. The van der Waals surface area contributed by atoms with Gasteiger partial charge in [-0.3, -0.25) is 4.79 Å². The van der Waals surface area contributed by atoms with Crippen LogP contribution in [0.15, 0.2) is 24.3 Å². The van der Waals surface area contributed by atoms with Gasteiger partial charge in [-0.15, -0.1) is 0 Å². The lowest BCUT2D eigenvalue weighted by atomic mass is 9.95. The second kappa shape index (κ2) is 8.11. The largest absolute Gasteiger partial charge is 0.481 e. The number of hydrogen-bond acceptors (Lipinski definition) is 2. The summed E-state index contributed by atoms with van der Waals surface area (Å²) in [5.41, 5.74) is 0.964. The highest BCUT2D eigenvalue weighted by molar-refractivity contribution is 6.30. The van der Waals surface area contributed by atoms with Crippen LogP contribution in [-0.4, -0.2) is 24.3 Å². The number of carboxylic acids is 1. The van der Waals surface area contributed by atoms with Gasteiger partial charge in [-0.05, 0) is 43.9 Å². The van der Waals surface area contributed by atoms with E-state index in [-0.39, 0.29) is 5.92 Å². The summed E-state index contributed by atoms with van der Waals surface area (Å²) in [6, 6.07) is 7.36. The summed E-state index contributed by atoms with van der Waals surface area (Å²) in [7, 11) is 0. The number of benzene rings is 1. The third-order valence-electron chi connectivity index (χ3n) is 2.77. The second-order valence-electron chi connectivity index (χ2n) is 4.21. The average Bonchev–Trinajstić information content (AvgIpc) is 2.33. The van der Waals surface area contributed by atoms with Crippen molar-refractivity contribution >= 4 is 17.6 Å². The summed E-state index contributed by atoms with van der Waals surface area (Å²) >= 11 is 5.89. The Bertz CT molecular complexity index is 379. The van der Waals surface area contributed by atoms with Crippen LogP contribution in [0.3, 0.4) is 0 Å². The number of carboxylic acid groups (broad SMARTS) is 1. The van der Waals surface area contributed by atoms with Crippen LogP contribution >= 0.6 is 11.6 Å². The summed E-state index contributed by atoms with van der Waals surface area (Å²) in [6.07, 6.45) is 1.91. The van der Waals surface area contributed by atoms with E-state index < -0.39 is 5.97 Å². The van der Waals surface area contributed by atoms with Crippen molar-refractivity contribution in [2.75, 3.05) is 13.2 Å². The predicted molar refractivity (Wildman–Crippen MR) is 72.0 cm³/mol. The fraction of sp³-hybridized carbons (Fsp3) is 0.500. The highest BCUT2D eigenvalue weighted by Crippen LogP contribution is 2.18. The zero-order chi connectivity index (χ0) is 13.4. The molecule has 1 rings (SSSR count). The first-order chi connectivity index (χ1) is 8.63. The van der Waals surface area contributed by atoms with Gasteiger partial charge in [0.25, 0.3) is 0 Å². The molecule has 18 heavy (non-hydrogen) atoms. The van der Waals surface area contributed by atoms with E-state index in [0.29, 0.717) is 31.1 Å². The zero-order valence-corrected chi connectivity index (χ0v) is 11.3. The number of carbonyl (C=O) groups is 1.